The highest BCUT2D eigenvalue weighted by Crippen LogP contribution is 2.30. The fourth-order valence-corrected chi connectivity index (χ4v) is 3.21. The summed E-state index contributed by atoms with van der Waals surface area (Å²) >= 11 is 6.00. The van der Waals surface area contributed by atoms with Crippen molar-refractivity contribution in [3.63, 3.8) is 0 Å². The van der Waals surface area contributed by atoms with Gasteiger partial charge in [-0.25, -0.2) is 0 Å². The van der Waals surface area contributed by atoms with Crippen LogP contribution in [0, 0.1) is 0 Å². The summed E-state index contributed by atoms with van der Waals surface area (Å²) in [5.74, 6) is 0.885. The topological polar surface area (TPSA) is 43.2 Å². The maximum absolute atomic E-state index is 6.00. The number of morpholine rings is 1. The van der Waals surface area contributed by atoms with E-state index in [0.29, 0.717) is 12.6 Å². The van der Waals surface area contributed by atoms with Gasteiger partial charge in [0.25, 0.3) is 0 Å². The van der Waals surface area contributed by atoms with Crippen molar-refractivity contribution < 1.29 is 4.74 Å². The highest BCUT2D eigenvalue weighted by atomic mass is 35.5. The second-order valence-electron chi connectivity index (χ2n) is 5.63. The predicted molar refractivity (Wildman–Crippen MR) is 85.8 cm³/mol. The van der Waals surface area contributed by atoms with Gasteiger partial charge in [0.15, 0.2) is 5.82 Å². The Bertz CT molecular complexity index is 613. The zero-order valence-electron chi connectivity index (χ0n) is 12.9. The van der Waals surface area contributed by atoms with Crippen LogP contribution in [0.1, 0.15) is 36.9 Å². The molecule has 2 aromatic rings. The van der Waals surface area contributed by atoms with Crippen molar-refractivity contribution in [2.24, 2.45) is 7.05 Å². The van der Waals surface area contributed by atoms with Gasteiger partial charge in [0.05, 0.1) is 6.61 Å². The summed E-state index contributed by atoms with van der Waals surface area (Å²) in [6, 6.07) is 8.52. The minimum Gasteiger partial charge on any atom is -0.368 e. The fraction of sp³-hybridized carbons (Fsp3) is 0.500. The summed E-state index contributed by atoms with van der Waals surface area (Å²) in [6.07, 6.45) is 2.74. The van der Waals surface area contributed by atoms with Crippen molar-refractivity contribution in [1.82, 2.24) is 19.7 Å². The molecule has 1 aliphatic heterocycles. The van der Waals surface area contributed by atoms with E-state index in [0.717, 1.165) is 30.4 Å². The Kier molecular flexibility index (Phi) is 4.76. The third-order valence-corrected chi connectivity index (χ3v) is 4.47. The van der Waals surface area contributed by atoms with Gasteiger partial charge in [-0.3, -0.25) is 4.90 Å². The number of hydrogen-bond acceptors (Lipinski definition) is 4. The van der Waals surface area contributed by atoms with E-state index in [-0.39, 0.29) is 6.10 Å². The number of ether oxygens (including phenoxy) is 1. The van der Waals surface area contributed by atoms with Crippen LogP contribution in [0.3, 0.4) is 0 Å². The van der Waals surface area contributed by atoms with Gasteiger partial charge in [-0.2, -0.15) is 0 Å². The lowest BCUT2D eigenvalue weighted by atomic mass is 10.0. The zero-order chi connectivity index (χ0) is 15.5. The van der Waals surface area contributed by atoms with Crippen LogP contribution >= 0.6 is 11.6 Å². The molecule has 1 aromatic carbocycles. The Hall–Kier alpha value is -1.43. The molecule has 118 valence electrons. The minimum absolute atomic E-state index is 0.0254. The first-order valence-electron chi connectivity index (χ1n) is 7.64. The van der Waals surface area contributed by atoms with E-state index in [1.165, 1.54) is 5.56 Å². The van der Waals surface area contributed by atoms with Gasteiger partial charge in [0.1, 0.15) is 12.4 Å². The maximum Gasteiger partial charge on any atom is 0.163 e. The SMILES string of the molecule is CC[C@H](c1ccc(Cl)cc1)N1CCO[C@@H](c2nncn2C)C1. The van der Waals surface area contributed by atoms with Crippen molar-refractivity contribution in [2.45, 2.75) is 25.5 Å². The second-order valence-corrected chi connectivity index (χ2v) is 6.07. The van der Waals surface area contributed by atoms with Crippen LogP contribution in [-0.2, 0) is 11.8 Å². The average molecular weight is 321 g/mol. The highest BCUT2D eigenvalue weighted by Gasteiger charge is 2.29. The molecule has 2 atom stereocenters. The lowest BCUT2D eigenvalue weighted by Crippen LogP contribution is -2.41. The van der Waals surface area contributed by atoms with Crippen molar-refractivity contribution in [2.75, 3.05) is 19.7 Å². The van der Waals surface area contributed by atoms with Crippen LogP contribution in [0.5, 0.6) is 0 Å². The second kappa shape index (κ2) is 6.77. The zero-order valence-corrected chi connectivity index (χ0v) is 13.7. The molecule has 1 aromatic heterocycles. The van der Waals surface area contributed by atoms with Crippen LogP contribution < -0.4 is 0 Å². The number of nitrogens with zero attached hydrogens (tertiary/aromatic N) is 4. The van der Waals surface area contributed by atoms with E-state index < -0.39 is 0 Å². The smallest absolute Gasteiger partial charge is 0.163 e. The van der Waals surface area contributed by atoms with Crippen molar-refractivity contribution in [3.05, 3.63) is 47.0 Å². The van der Waals surface area contributed by atoms with E-state index >= 15 is 0 Å². The molecule has 0 spiro atoms. The molecule has 0 saturated carbocycles. The fourth-order valence-electron chi connectivity index (χ4n) is 3.08. The average Bonchev–Trinajstić information content (AvgIpc) is 2.96. The Balaban J connectivity index is 1.77. The third kappa shape index (κ3) is 3.16. The largest absolute Gasteiger partial charge is 0.368 e. The molecule has 1 fully saturated rings. The lowest BCUT2D eigenvalue weighted by molar-refractivity contribution is -0.0513. The summed E-state index contributed by atoms with van der Waals surface area (Å²) in [5, 5.41) is 8.92. The molecule has 0 amide bonds. The van der Waals surface area contributed by atoms with Crippen LogP contribution in [0.15, 0.2) is 30.6 Å². The van der Waals surface area contributed by atoms with Crippen LogP contribution in [0.25, 0.3) is 0 Å². The number of benzene rings is 1. The quantitative estimate of drug-likeness (QED) is 0.868. The van der Waals surface area contributed by atoms with Gasteiger partial charge in [-0.15, -0.1) is 10.2 Å². The first kappa shape index (κ1) is 15.5. The van der Waals surface area contributed by atoms with E-state index in [1.54, 1.807) is 6.33 Å². The number of rotatable bonds is 4. The van der Waals surface area contributed by atoms with E-state index in [4.69, 9.17) is 16.3 Å². The molecule has 0 radical (unpaired) electrons. The van der Waals surface area contributed by atoms with Crippen molar-refractivity contribution in [1.29, 1.82) is 0 Å². The number of halogens is 1. The van der Waals surface area contributed by atoms with Gasteiger partial charge >= 0.3 is 0 Å². The van der Waals surface area contributed by atoms with E-state index in [9.17, 15) is 0 Å². The maximum atomic E-state index is 6.00. The molecular formula is C16H21ClN4O. The van der Waals surface area contributed by atoms with E-state index in [1.807, 2.05) is 23.7 Å². The molecule has 0 N–H and O–H groups in total. The van der Waals surface area contributed by atoms with Gasteiger partial charge < -0.3 is 9.30 Å². The van der Waals surface area contributed by atoms with E-state index in [2.05, 4.69) is 34.2 Å². The molecule has 1 aliphatic rings. The summed E-state index contributed by atoms with van der Waals surface area (Å²) in [7, 11) is 1.95. The Morgan fingerprint density at radius 1 is 1.36 bits per heavy atom. The molecule has 22 heavy (non-hydrogen) atoms. The summed E-state index contributed by atoms with van der Waals surface area (Å²) in [4.78, 5) is 2.46. The number of aryl methyl sites for hydroxylation is 1. The van der Waals surface area contributed by atoms with Crippen molar-refractivity contribution in [3.8, 4) is 0 Å². The molecular weight excluding hydrogens is 300 g/mol. The van der Waals surface area contributed by atoms with Gasteiger partial charge in [0, 0.05) is 31.2 Å². The van der Waals surface area contributed by atoms with Crippen LogP contribution in [0.2, 0.25) is 5.02 Å². The normalized spacial score (nSPS) is 21.0. The monoisotopic (exact) mass is 320 g/mol. The number of hydrogen-bond donors (Lipinski definition) is 0. The summed E-state index contributed by atoms with van der Waals surface area (Å²) in [6.45, 7) is 4.68. The van der Waals surface area contributed by atoms with Gasteiger partial charge in [-0.1, -0.05) is 30.7 Å². The third-order valence-electron chi connectivity index (χ3n) is 4.21. The molecule has 3 rings (SSSR count). The summed E-state index contributed by atoms with van der Waals surface area (Å²) < 4.78 is 7.82. The number of aromatic nitrogens is 3. The van der Waals surface area contributed by atoms with Crippen molar-refractivity contribution >= 4 is 11.6 Å². The molecule has 5 nitrogen and oxygen atoms in total. The molecule has 0 bridgehead atoms. The predicted octanol–water partition coefficient (Wildman–Crippen LogP) is 2.99. The molecule has 0 aliphatic carbocycles. The molecule has 2 heterocycles. The first-order valence-corrected chi connectivity index (χ1v) is 8.02. The summed E-state index contributed by atoms with van der Waals surface area (Å²) in [5.41, 5.74) is 1.30. The molecule has 0 unspecified atom stereocenters. The Morgan fingerprint density at radius 3 is 2.77 bits per heavy atom. The Morgan fingerprint density at radius 2 is 2.14 bits per heavy atom. The molecule has 1 saturated heterocycles. The minimum atomic E-state index is -0.0254. The van der Waals surface area contributed by atoms with Gasteiger partial charge in [-0.05, 0) is 24.1 Å². The van der Waals surface area contributed by atoms with Crippen LogP contribution in [0.4, 0.5) is 0 Å². The van der Waals surface area contributed by atoms with Gasteiger partial charge in [0.2, 0.25) is 0 Å². The standard InChI is InChI=1S/C16H21ClN4O/c1-3-14(12-4-6-13(17)7-5-12)21-8-9-22-15(10-21)16-19-18-11-20(16)2/h4-7,11,14-15H,3,8-10H2,1-2H3/t14-,15-/m1/s1. The highest BCUT2D eigenvalue weighted by molar-refractivity contribution is 6.30. The van der Waals surface area contributed by atoms with Crippen LogP contribution in [-0.4, -0.2) is 39.4 Å². The molecule has 6 heteroatoms. The Labute approximate surface area is 135 Å². The lowest BCUT2D eigenvalue weighted by Gasteiger charge is -2.37. The first-order chi connectivity index (χ1) is 10.7.